The van der Waals surface area contributed by atoms with Crippen molar-refractivity contribution in [2.75, 3.05) is 13.6 Å². The predicted molar refractivity (Wildman–Crippen MR) is 121 cm³/mol. The van der Waals surface area contributed by atoms with Gasteiger partial charge in [0.2, 0.25) is 5.89 Å². The Labute approximate surface area is 180 Å². The van der Waals surface area contributed by atoms with E-state index in [1.807, 2.05) is 36.4 Å². The standard InChI is InChI=1S/C20H22N2O2.C6H12/c1-22(15-16-8-4-2-5-9-16)13-12-18-14-21-20(24-18)19(23)17-10-6-3-7-11-17;1-2-4-6-5-3-1/h2-11,14,19,23H,12-13,15H2,1H3;1-6H2. The first-order valence-electron chi connectivity index (χ1n) is 11.1. The Morgan fingerprint density at radius 1 is 0.900 bits per heavy atom. The first kappa shape index (κ1) is 22.3. The molecule has 1 saturated carbocycles. The number of nitrogens with zero attached hydrogens (tertiary/aromatic N) is 2. The number of hydrogen-bond donors (Lipinski definition) is 1. The predicted octanol–water partition coefficient (Wildman–Crippen LogP) is 5.77. The highest BCUT2D eigenvalue weighted by molar-refractivity contribution is 5.22. The van der Waals surface area contributed by atoms with E-state index in [0.717, 1.165) is 30.8 Å². The summed E-state index contributed by atoms with van der Waals surface area (Å²) in [6.45, 7) is 1.76. The van der Waals surface area contributed by atoms with Crippen molar-refractivity contribution in [2.24, 2.45) is 0 Å². The molecule has 1 unspecified atom stereocenters. The second-order valence-electron chi connectivity index (χ2n) is 8.07. The maximum absolute atomic E-state index is 10.3. The lowest BCUT2D eigenvalue weighted by Crippen LogP contribution is -2.20. The molecule has 1 aliphatic carbocycles. The van der Waals surface area contributed by atoms with Gasteiger partial charge in [-0.25, -0.2) is 4.98 Å². The fraction of sp³-hybridized carbons (Fsp3) is 0.423. The minimum atomic E-state index is -0.818. The zero-order valence-corrected chi connectivity index (χ0v) is 18.0. The monoisotopic (exact) mass is 406 g/mol. The minimum Gasteiger partial charge on any atom is -0.442 e. The molecule has 1 fully saturated rings. The van der Waals surface area contributed by atoms with Gasteiger partial charge in [0.25, 0.3) is 0 Å². The molecule has 4 rings (SSSR count). The molecule has 4 heteroatoms. The van der Waals surface area contributed by atoms with E-state index < -0.39 is 6.10 Å². The molecule has 0 spiro atoms. The van der Waals surface area contributed by atoms with Crippen LogP contribution in [0, 0.1) is 0 Å². The van der Waals surface area contributed by atoms with Gasteiger partial charge in [-0.1, -0.05) is 99.2 Å². The molecule has 160 valence electrons. The van der Waals surface area contributed by atoms with Crippen molar-refractivity contribution in [3.8, 4) is 0 Å². The van der Waals surface area contributed by atoms with Gasteiger partial charge in [-0.3, -0.25) is 0 Å². The lowest BCUT2D eigenvalue weighted by molar-refractivity contribution is 0.179. The fourth-order valence-corrected chi connectivity index (χ4v) is 3.68. The summed E-state index contributed by atoms with van der Waals surface area (Å²) in [5.74, 6) is 1.14. The number of benzene rings is 2. The minimum absolute atomic E-state index is 0.349. The van der Waals surface area contributed by atoms with Gasteiger partial charge in [-0.05, 0) is 18.2 Å². The molecule has 4 nitrogen and oxygen atoms in total. The van der Waals surface area contributed by atoms with Crippen molar-refractivity contribution >= 4 is 0 Å². The van der Waals surface area contributed by atoms with Gasteiger partial charge in [-0.15, -0.1) is 0 Å². The number of aromatic nitrogens is 1. The zero-order valence-electron chi connectivity index (χ0n) is 18.0. The van der Waals surface area contributed by atoms with Crippen LogP contribution in [0.15, 0.2) is 71.3 Å². The van der Waals surface area contributed by atoms with Crippen LogP contribution >= 0.6 is 0 Å². The van der Waals surface area contributed by atoms with Gasteiger partial charge in [0.1, 0.15) is 5.76 Å². The van der Waals surface area contributed by atoms with E-state index in [1.165, 1.54) is 44.1 Å². The van der Waals surface area contributed by atoms with Crippen LogP contribution in [-0.2, 0) is 13.0 Å². The average molecular weight is 407 g/mol. The second-order valence-corrected chi connectivity index (χ2v) is 8.07. The Balaban J connectivity index is 0.000000367. The van der Waals surface area contributed by atoms with Crippen LogP contribution in [0.1, 0.15) is 67.4 Å². The van der Waals surface area contributed by atoms with E-state index in [4.69, 9.17) is 4.42 Å². The molecular formula is C26H34N2O2. The van der Waals surface area contributed by atoms with Crippen molar-refractivity contribution < 1.29 is 9.52 Å². The molecule has 0 saturated heterocycles. The molecule has 3 aromatic rings. The van der Waals surface area contributed by atoms with Crippen molar-refractivity contribution in [3.63, 3.8) is 0 Å². The molecule has 1 heterocycles. The number of oxazole rings is 1. The van der Waals surface area contributed by atoms with Crippen LogP contribution in [0.5, 0.6) is 0 Å². The van der Waals surface area contributed by atoms with Crippen molar-refractivity contribution in [1.82, 2.24) is 9.88 Å². The number of hydrogen-bond acceptors (Lipinski definition) is 4. The van der Waals surface area contributed by atoms with Crippen molar-refractivity contribution in [1.29, 1.82) is 0 Å². The summed E-state index contributed by atoms with van der Waals surface area (Å²) in [6.07, 6.45) is 10.7. The molecule has 1 atom stereocenters. The summed E-state index contributed by atoms with van der Waals surface area (Å²) >= 11 is 0. The third kappa shape index (κ3) is 7.43. The van der Waals surface area contributed by atoms with Crippen LogP contribution in [-0.4, -0.2) is 28.6 Å². The molecule has 0 aliphatic heterocycles. The van der Waals surface area contributed by atoms with Gasteiger partial charge in [0, 0.05) is 19.5 Å². The van der Waals surface area contributed by atoms with Crippen LogP contribution in [0.2, 0.25) is 0 Å². The Morgan fingerprint density at radius 3 is 2.07 bits per heavy atom. The third-order valence-electron chi connectivity index (χ3n) is 5.46. The van der Waals surface area contributed by atoms with Crippen molar-refractivity contribution in [3.05, 3.63) is 89.6 Å². The fourth-order valence-electron chi connectivity index (χ4n) is 3.68. The molecule has 2 aromatic carbocycles. The number of likely N-dealkylation sites (N-methyl/N-ethyl adjacent to an activating group) is 1. The van der Waals surface area contributed by atoms with Crippen LogP contribution in [0.4, 0.5) is 0 Å². The zero-order chi connectivity index (χ0) is 21.0. The molecule has 1 aliphatic rings. The van der Waals surface area contributed by atoms with Gasteiger partial charge in [-0.2, -0.15) is 0 Å². The van der Waals surface area contributed by atoms with Crippen molar-refractivity contribution in [2.45, 2.75) is 57.6 Å². The Hall–Kier alpha value is -2.43. The SMILES string of the molecule is C1CCCCC1.CN(CCc1cnc(C(O)c2ccccc2)o1)Cc1ccccc1. The normalized spacial score (nSPS) is 14.8. The van der Waals surface area contributed by atoms with E-state index in [-0.39, 0.29) is 0 Å². The molecular weight excluding hydrogens is 372 g/mol. The van der Waals surface area contributed by atoms with Crippen LogP contribution in [0.3, 0.4) is 0 Å². The highest BCUT2D eigenvalue weighted by Crippen LogP contribution is 2.21. The van der Waals surface area contributed by atoms with Gasteiger partial charge in [0.05, 0.1) is 6.20 Å². The topological polar surface area (TPSA) is 49.5 Å². The third-order valence-corrected chi connectivity index (χ3v) is 5.46. The van der Waals surface area contributed by atoms with Crippen LogP contribution in [0.25, 0.3) is 0 Å². The molecule has 1 aromatic heterocycles. The quantitative estimate of drug-likeness (QED) is 0.541. The molecule has 30 heavy (non-hydrogen) atoms. The van der Waals surface area contributed by atoms with Gasteiger partial charge >= 0.3 is 0 Å². The first-order chi connectivity index (χ1) is 14.7. The lowest BCUT2D eigenvalue weighted by Gasteiger charge is -2.15. The van der Waals surface area contributed by atoms with Gasteiger partial charge < -0.3 is 14.4 Å². The maximum Gasteiger partial charge on any atom is 0.227 e. The summed E-state index contributed by atoms with van der Waals surface area (Å²) in [6, 6.07) is 19.8. The second kappa shape index (κ2) is 12.3. The molecule has 1 N–H and O–H groups in total. The summed E-state index contributed by atoms with van der Waals surface area (Å²) in [7, 11) is 2.09. The number of aliphatic hydroxyl groups is 1. The molecule has 0 amide bonds. The summed E-state index contributed by atoms with van der Waals surface area (Å²) in [4.78, 5) is 6.46. The highest BCUT2D eigenvalue weighted by atomic mass is 16.4. The summed E-state index contributed by atoms with van der Waals surface area (Å²) < 4.78 is 5.71. The van der Waals surface area contributed by atoms with E-state index in [2.05, 4.69) is 41.2 Å². The smallest absolute Gasteiger partial charge is 0.227 e. The Kier molecular flexibility index (Phi) is 9.13. The molecule has 0 bridgehead atoms. The number of rotatable bonds is 7. The Bertz CT molecular complexity index is 817. The maximum atomic E-state index is 10.3. The number of aliphatic hydroxyl groups excluding tert-OH is 1. The summed E-state index contributed by atoms with van der Waals surface area (Å²) in [5.41, 5.74) is 2.07. The van der Waals surface area contributed by atoms with E-state index >= 15 is 0 Å². The van der Waals surface area contributed by atoms with Crippen LogP contribution < -0.4 is 0 Å². The average Bonchev–Trinajstić information content (AvgIpc) is 3.29. The Morgan fingerprint density at radius 2 is 1.47 bits per heavy atom. The highest BCUT2D eigenvalue weighted by Gasteiger charge is 2.16. The van der Waals surface area contributed by atoms with E-state index in [1.54, 1.807) is 6.20 Å². The summed E-state index contributed by atoms with van der Waals surface area (Å²) in [5, 5.41) is 10.3. The largest absolute Gasteiger partial charge is 0.442 e. The van der Waals surface area contributed by atoms with Gasteiger partial charge in [0.15, 0.2) is 6.10 Å². The lowest BCUT2D eigenvalue weighted by atomic mass is 10.0. The molecule has 0 radical (unpaired) electrons. The van der Waals surface area contributed by atoms with E-state index in [0.29, 0.717) is 5.89 Å². The van der Waals surface area contributed by atoms with E-state index in [9.17, 15) is 5.11 Å². The first-order valence-corrected chi connectivity index (χ1v) is 11.1.